The first-order chi connectivity index (χ1) is 29.3. The molecule has 0 aliphatic heterocycles. The third-order valence-corrected chi connectivity index (χ3v) is 19.3. The minimum absolute atomic E-state index is 0.0290. The normalized spacial score (nSPS) is 13.4. The number of aromatic nitrogens is 4. The summed E-state index contributed by atoms with van der Waals surface area (Å²) in [5, 5.41) is 11.3. The molecule has 0 amide bonds. The van der Waals surface area contributed by atoms with E-state index >= 15 is 0 Å². The van der Waals surface area contributed by atoms with Crippen LogP contribution < -0.4 is 0 Å². The van der Waals surface area contributed by atoms with Crippen LogP contribution in [0.25, 0.3) is 5.69 Å². The van der Waals surface area contributed by atoms with Gasteiger partial charge in [0.1, 0.15) is 0 Å². The van der Waals surface area contributed by atoms with Crippen molar-refractivity contribution in [1.29, 1.82) is 0 Å². The van der Waals surface area contributed by atoms with Crippen molar-refractivity contribution in [3.05, 3.63) is 30.3 Å². The molecule has 0 radical (unpaired) electrons. The number of rotatable bonds is 39. The van der Waals surface area contributed by atoms with Gasteiger partial charge < -0.3 is 9.16 Å². The molecule has 11 heteroatoms. The molecule has 0 fully saturated rings. The number of ether oxygens (including phenoxy) is 1. The predicted molar refractivity (Wildman–Crippen MR) is 258 cm³/mol. The van der Waals surface area contributed by atoms with Gasteiger partial charge in [-0.1, -0.05) is 231 Å². The predicted octanol–water partition coefficient (Wildman–Crippen LogP) is 14.7. The Morgan fingerprint density at radius 1 is 0.639 bits per heavy atom. The van der Waals surface area contributed by atoms with E-state index in [4.69, 9.17) is 9.16 Å². The van der Waals surface area contributed by atoms with Crippen LogP contribution in [0, 0.1) is 5.92 Å². The van der Waals surface area contributed by atoms with Gasteiger partial charge in [0.25, 0.3) is 5.16 Å². The van der Waals surface area contributed by atoms with Gasteiger partial charge in [0.15, 0.2) is 8.32 Å². The molecule has 9 nitrogen and oxygen atoms in total. The molecule has 0 spiro atoms. The third-order valence-electron chi connectivity index (χ3n) is 13.2. The number of nitrogens with zero attached hydrogens (tertiary/aromatic N) is 4. The van der Waals surface area contributed by atoms with Gasteiger partial charge in [-0.2, -0.15) is 4.68 Å². The van der Waals surface area contributed by atoms with E-state index in [1.165, 1.54) is 140 Å². The molecule has 0 saturated heterocycles. The first kappa shape index (κ1) is 55.0. The zero-order chi connectivity index (χ0) is 44.7. The number of hydrogen-bond donors (Lipinski definition) is 0. The second-order valence-corrected chi connectivity index (χ2v) is 26.3. The highest BCUT2D eigenvalue weighted by atomic mass is 32.2. The van der Waals surface area contributed by atoms with Crippen molar-refractivity contribution in [1.82, 2.24) is 20.2 Å². The lowest BCUT2D eigenvalue weighted by Crippen LogP contribution is -2.47. The highest BCUT2D eigenvalue weighted by molar-refractivity contribution is 7.91. The lowest BCUT2D eigenvalue weighted by Gasteiger charge is -2.41. The van der Waals surface area contributed by atoms with Crippen molar-refractivity contribution in [3.8, 4) is 5.69 Å². The third kappa shape index (κ3) is 23.9. The van der Waals surface area contributed by atoms with E-state index in [2.05, 4.69) is 56.3 Å². The smallest absolute Gasteiger partial charge is 0.311 e. The summed E-state index contributed by atoms with van der Waals surface area (Å²) in [5.41, 5.74) is 0.627. The topological polar surface area (TPSA) is 113 Å². The number of hydrogen-bond acceptors (Lipinski definition) is 8. The van der Waals surface area contributed by atoms with E-state index < -0.39 is 18.2 Å². The number of sulfone groups is 1. The van der Waals surface area contributed by atoms with Gasteiger partial charge >= 0.3 is 5.97 Å². The van der Waals surface area contributed by atoms with Crippen molar-refractivity contribution in [2.24, 2.45) is 5.92 Å². The Hall–Kier alpha value is -2.11. The number of para-hydroxylation sites is 1. The van der Waals surface area contributed by atoms with Crippen LogP contribution in [0.15, 0.2) is 35.5 Å². The van der Waals surface area contributed by atoms with Crippen LogP contribution >= 0.6 is 0 Å². The second kappa shape index (κ2) is 32.5. The molecule has 0 saturated carbocycles. The highest BCUT2D eigenvalue weighted by Crippen LogP contribution is 2.39. The van der Waals surface area contributed by atoms with E-state index in [0.717, 1.165) is 64.2 Å². The van der Waals surface area contributed by atoms with Crippen LogP contribution in [-0.2, 0) is 23.8 Å². The standard InChI is InChI=1S/C50H92N4O5SSi/c1-8-9-10-11-12-13-14-15-16-17-18-19-20-21-22-23-24-25-26-28-31-37-42-46(48(55)58-5)47(59-61(6,7)50(2,3)4)43-38-32-29-27-30-33-39-44-60(56,57)49-51-52-53-54(49)45-40-35-34-36-41-45/h34-36,40-41,46-47H,8-33,37-39,42-44H2,1-7H3/t46-,47-/m1/s1. The van der Waals surface area contributed by atoms with Crippen LogP contribution in [0.1, 0.15) is 227 Å². The molecule has 0 aliphatic carbocycles. The first-order valence-electron chi connectivity index (χ1n) is 25.2. The SMILES string of the molecule is CCCCCCCCCCCCCCCCCCCCCCCC[C@@H](C(=O)OC)[C@@H](CCCCCCCCCS(=O)(=O)c1nnnn1-c1ccccc1)O[Si](C)(C)C(C)(C)C. The van der Waals surface area contributed by atoms with Crippen LogP contribution in [0.5, 0.6) is 0 Å². The van der Waals surface area contributed by atoms with Gasteiger partial charge in [-0.25, -0.2) is 8.42 Å². The summed E-state index contributed by atoms with van der Waals surface area (Å²) >= 11 is 0. The highest BCUT2D eigenvalue weighted by Gasteiger charge is 2.42. The molecule has 0 bridgehead atoms. The lowest BCUT2D eigenvalue weighted by atomic mass is 9.91. The zero-order valence-corrected chi connectivity index (χ0v) is 42.2. The first-order valence-corrected chi connectivity index (χ1v) is 29.7. The van der Waals surface area contributed by atoms with Crippen molar-refractivity contribution < 1.29 is 22.4 Å². The van der Waals surface area contributed by atoms with Gasteiger partial charge in [0.05, 0.1) is 30.6 Å². The summed E-state index contributed by atoms with van der Waals surface area (Å²) in [6.07, 6.45) is 38.3. The number of esters is 1. The molecule has 61 heavy (non-hydrogen) atoms. The fraction of sp³-hybridized carbons (Fsp3) is 0.840. The lowest BCUT2D eigenvalue weighted by molar-refractivity contribution is -0.149. The fourth-order valence-corrected chi connectivity index (χ4v) is 10.9. The molecular formula is C50H92N4O5SSi. The van der Waals surface area contributed by atoms with Crippen LogP contribution in [0.2, 0.25) is 18.1 Å². The number of carbonyl (C=O) groups excluding carboxylic acids is 1. The maximum atomic E-state index is 13.3. The molecule has 1 heterocycles. The summed E-state index contributed by atoms with van der Waals surface area (Å²) in [6, 6.07) is 9.11. The number of methoxy groups -OCH3 is 1. The van der Waals surface area contributed by atoms with E-state index in [9.17, 15) is 13.2 Å². The molecule has 2 rings (SSSR count). The van der Waals surface area contributed by atoms with Crippen LogP contribution in [-0.4, -0.2) is 61.9 Å². The molecule has 0 aliphatic rings. The summed E-state index contributed by atoms with van der Waals surface area (Å²) in [4.78, 5) is 13.3. The Morgan fingerprint density at radius 3 is 1.48 bits per heavy atom. The largest absolute Gasteiger partial charge is 0.469 e. The van der Waals surface area contributed by atoms with E-state index in [0.29, 0.717) is 12.1 Å². The Balaban J connectivity index is 1.63. The Kier molecular flexibility index (Phi) is 29.3. The number of carbonyl (C=O) groups is 1. The number of benzene rings is 1. The Labute approximate surface area is 376 Å². The second-order valence-electron chi connectivity index (χ2n) is 19.6. The average molecular weight is 889 g/mol. The molecular weight excluding hydrogens is 797 g/mol. The van der Waals surface area contributed by atoms with Gasteiger partial charge in [0, 0.05) is 0 Å². The van der Waals surface area contributed by atoms with E-state index in [-0.39, 0.29) is 33.9 Å². The molecule has 0 unspecified atom stereocenters. The summed E-state index contributed by atoms with van der Waals surface area (Å²) < 4.78 is 39.8. The fourth-order valence-electron chi connectivity index (χ4n) is 8.19. The minimum Gasteiger partial charge on any atom is -0.469 e. The number of unbranched alkanes of at least 4 members (excludes halogenated alkanes) is 27. The van der Waals surface area contributed by atoms with Crippen molar-refractivity contribution in [3.63, 3.8) is 0 Å². The number of tetrazole rings is 1. The van der Waals surface area contributed by atoms with Crippen LogP contribution in [0.3, 0.4) is 0 Å². The van der Waals surface area contributed by atoms with E-state index in [1.54, 1.807) is 12.1 Å². The maximum Gasteiger partial charge on any atom is 0.311 e. The summed E-state index contributed by atoms with van der Waals surface area (Å²) in [5.74, 6) is -0.324. The average Bonchev–Trinajstić information content (AvgIpc) is 3.74. The van der Waals surface area contributed by atoms with Crippen molar-refractivity contribution >= 4 is 24.1 Å². The zero-order valence-electron chi connectivity index (χ0n) is 40.4. The van der Waals surface area contributed by atoms with Gasteiger partial charge in [-0.05, 0) is 60.0 Å². The summed E-state index contributed by atoms with van der Waals surface area (Å²) in [6.45, 7) is 13.7. The molecule has 2 atom stereocenters. The van der Waals surface area contributed by atoms with Crippen molar-refractivity contribution in [2.75, 3.05) is 12.9 Å². The maximum absolute atomic E-state index is 13.3. The molecule has 352 valence electrons. The van der Waals surface area contributed by atoms with Crippen molar-refractivity contribution in [2.45, 2.75) is 256 Å². The molecule has 1 aromatic carbocycles. The summed E-state index contributed by atoms with van der Waals surface area (Å²) in [7, 11) is -4.18. The van der Waals surface area contributed by atoms with Crippen LogP contribution in [0.4, 0.5) is 0 Å². The monoisotopic (exact) mass is 889 g/mol. The molecule has 0 N–H and O–H groups in total. The van der Waals surface area contributed by atoms with Gasteiger partial charge in [-0.15, -0.1) is 0 Å². The Morgan fingerprint density at radius 2 is 1.05 bits per heavy atom. The quantitative estimate of drug-likeness (QED) is 0.0370. The molecule has 2 aromatic rings. The molecule has 1 aromatic heterocycles. The van der Waals surface area contributed by atoms with Gasteiger partial charge in [-0.3, -0.25) is 4.79 Å². The minimum atomic E-state index is -3.60. The van der Waals surface area contributed by atoms with Gasteiger partial charge in [0.2, 0.25) is 9.84 Å². The Bertz CT molecular complexity index is 1480. The van der Waals surface area contributed by atoms with E-state index in [1.807, 2.05) is 18.2 Å².